The zero-order valence-corrected chi connectivity index (χ0v) is 14.7. The predicted molar refractivity (Wildman–Crippen MR) is 91.5 cm³/mol. The molecule has 2 atom stereocenters. The smallest absolute Gasteiger partial charge is 0.315 e. The predicted octanol–water partition coefficient (Wildman–Crippen LogP) is 1.13. The van der Waals surface area contributed by atoms with E-state index < -0.39 is 5.41 Å². The molecule has 0 bridgehead atoms. The Kier molecular flexibility index (Phi) is 3.90. The number of esters is 1. The van der Waals surface area contributed by atoms with Crippen molar-refractivity contribution in [3.8, 4) is 0 Å². The molecule has 2 aromatic rings. The molecule has 8 nitrogen and oxygen atoms in total. The summed E-state index contributed by atoms with van der Waals surface area (Å²) in [5.41, 5.74) is 0.0166. The third-order valence-corrected chi connectivity index (χ3v) is 5.38. The maximum Gasteiger partial charge on any atom is 0.315 e. The molecule has 2 fully saturated rings. The molecule has 4 rings (SSSR count). The first-order valence-electron chi connectivity index (χ1n) is 8.49. The average Bonchev–Trinajstić information content (AvgIpc) is 3.33. The number of aromatic nitrogens is 2. The van der Waals surface area contributed by atoms with Crippen molar-refractivity contribution < 1.29 is 18.7 Å². The summed E-state index contributed by atoms with van der Waals surface area (Å²) < 4.78 is 10.4. The van der Waals surface area contributed by atoms with Crippen molar-refractivity contribution in [3.05, 3.63) is 42.1 Å². The van der Waals surface area contributed by atoms with E-state index in [9.17, 15) is 9.59 Å². The second kappa shape index (κ2) is 6.12. The average molecular weight is 356 g/mol. The number of methoxy groups -OCH3 is 1. The van der Waals surface area contributed by atoms with Gasteiger partial charge in [0.15, 0.2) is 5.76 Å². The van der Waals surface area contributed by atoms with Crippen molar-refractivity contribution in [1.29, 1.82) is 0 Å². The Morgan fingerprint density at radius 2 is 2.04 bits per heavy atom. The second-order valence-corrected chi connectivity index (χ2v) is 6.89. The summed E-state index contributed by atoms with van der Waals surface area (Å²) in [7, 11) is 1.39. The second-order valence-electron chi connectivity index (χ2n) is 6.89. The van der Waals surface area contributed by atoms with Crippen molar-refractivity contribution in [2.45, 2.75) is 6.92 Å². The molecule has 1 amide bonds. The van der Waals surface area contributed by atoms with E-state index in [-0.39, 0.29) is 17.8 Å². The lowest BCUT2D eigenvalue weighted by Gasteiger charge is -2.26. The molecule has 0 aromatic carbocycles. The molecule has 2 aromatic heterocycles. The summed E-state index contributed by atoms with van der Waals surface area (Å²) in [5.74, 6) is 0.385. The van der Waals surface area contributed by atoms with Crippen molar-refractivity contribution in [2.24, 2.45) is 11.3 Å². The molecule has 26 heavy (non-hydrogen) atoms. The number of ether oxygens (including phenoxy) is 1. The van der Waals surface area contributed by atoms with Gasteiger partial charge >= 0.3 is 5.97 Å². The Morgan fingerprint density at radius 1 is 1.27 bits per heavy atom. The molecule has 0 spiro atoms. The Bertz CT molecular complexity index is 837. The molecule has 0 aliphatic carbocycles. The third-order valence-electron chi connectivity index (χ3n) is 5.38. The summed E-state index contributed by atoms with van der Waals surface area (Å²) in [6.45, 7) is 3.62. The zero-order chi connectivity index (χ0) is 18.3. The summed E-state index contributed by atoms with van der Waals surface area (Å²) in [6, 6.07) is 3.51. The summed E-state index contributed by atoms with van der Waals surface area (Å²) in [5, 5.41) is 0. The Hall–Kier alpha value is -2.90. The van der Waals surface area contributed by atoms with Crippen LogP contribution in [0.15, 0.2) is 35.2 Å². The van der Waals surface area contributed by atoms with E-state index in [1.807, 2.05) is 11.8 Å². The number of nitrogens with zero attached hydrogens (tertiary/aromatic N) is 4. The summed E-state index contributed by atoms with van der Waals surface area (Å²) in [6.07, 6.45) is 4.86. The van der Waals surface area contributed by atoms with E-state index in [2.05, 4.69) is 9.97 Å². The number of hydrogen-bond acceptors (Lipinski definition) is 7. The van der Waals surface area contributed by atoms with Gasteiger partial charge in [0.2, 0.25) is 5.95 Å². The molecule has 2 aliphatic heterocycles. The van der Waals surface area contributed by atoms with Gasteiger partial charge in [-0.1, -0.05) is 0 Å². The van der Waals surface area contributed by atoms with E-state index in [0.717, 1.165) is 5.56 Å². The van der Waals surface area contributed by atoms with Gasteiger partial charge in [0, 0.05) is 50.1 Å². The molecule has 0 N–H and O–H groups in total. The molecule has 136 valence electrons. The number of rotatable bonds is 3. The van der Waals surface area contributed by atoms with Gasteiger partial charge in [-0.25, -0.2) is 9.97 Å². The normalized spacial score (nSPS) is 24.6. The molecule has 0 saturated carbocycles. The van der Waals surface area contributed by atoms with Crippen LogP contribution in [0.1, 0.15) is 16.1 Å². The van der Waals surface area contributed by atoms with Crippen LogP contribution < -0.4 is 4.90 Å². The first-order chi connectivity index (χ1) is 12.5. The number of carbonyl (C=O) groups is 2. The van der Waals surface area contributed by atoms with Gasteiger partial charge in [0.1, 0.15) is 5.41 Å². The minimum atomic E-state index is -0.774. The summed E-state index contributed by atoms with van der Waals surface area (Å²) >= 11 is 0. The molecular weight excluding hydrogens is 336 g/mol. The number of likely N-dealkylation sites (tertiary alicyclic amines) is 1. The lowest BCUT2D eigenvalue weighted by atomic mass is 9.81. The molecule has 0 radical (unpaired) electrons. The molecule has 4 heterocycles. The van der Waals surface area contributed by atoms with Gasteiger partial charge in [0.05, 0.1) is 13.4 Å². The maximum absolute atomic E-state index is 12.8. The maximum atomic E-state index is 12.8. The molecule has 2 aliphatic rings. The van der Waals surface area contributed by atoms with Crippen molar-refractivity contribution in [3.63, 3.8) is 0 Å². The van der Waals surface area contributed by atoms with Crippen molar-refractivity contribution >= 4 is 17.8 Å². The van der Waals surface area contributed by atoms with Crippen LogP contribution in [0, 0.1) is 18.3 Å². The number of anilines is 1. The molecule has 2 saturated heterocycles. The van der Waals surface area contributed by atoms with Crippen LogP contribution in [-0.2, 0) is 9.53 Å². The standard InChI is InChI=1S/C18H20N4O4/c1-12-4-7-26-14(12)15(23)21-8-13-9-22(17-19-5-3-6-20-17)11-18(13,10-21)16(24)25-2/h3-7,13H,8-11H2,1-2H3/t13-,18-/m1/s1. The fraction of sp³-hybridized carbons (Fsp3) is 0.444. The van der Waals surface area contributed by atoms with E-state index in [0.29, 0.717) is 37.9 Å². The van der Waals surface area contributed by atoms with Crippen LogP contribution in [0.25, 0.3) is 0 Å². The minimum absolute atomic E-state index is 0.0435. The number of fused-ring (bicyclic) bond motifs is 1. The van der Waals surface area contributed by atoms with E-state index in [1.165, 1.54) is 13.4 Å². The highest BCUT2D eigenvalue weighted by atomic mass is 16.5. The topological polar surface area (TPSA) is 88.8 Å². The highest BCUT2D eigenvalue weighted by molar-refractivity contribution is 5.94. The molecule has 8 heteroatoms. The Labute approximate surface area is 150 Å². The molecule has 0 unspecified atom stereocenters. The third kappa shape index (κ3) is 2.44. The summed E-state index contributed by atoms with van der Waals surface area (Å²) in [4.78, 5) is 37.7. The van der Waals surface area contributed by atoms with E-state index in [4.69, 9.17) is 9.15 Å². The van der Waals surface area contributed by atoms with Crippen LogP contribution >= 0.6 is 0 Å². The minimum Gasteiger partial charge on any atom is -0.468 e. The zero-order valence-electron chi connectivity index (χ0n) is 14.7. The van der Waals surface area contributed by atoms with Crippen molar-refractivity contribution in [2.75, 3.05) is 38.2 Å². The largest absolute Gasteiger partial charge is 0.468 e. The van der Waals surface area contributed by atoms with Crippen molar-refractivity contribution in [1.82, 2.24) is 14.9 Å². The highest BCUT2D eigenvalue weighted by Gasteiger charge is 2.59. The van der Waals surface area contributed by atoms with Gasteiger partial charge in [-0.15, -0.1) is 0 Å². The number of carbonyl (C=O) groups excluding carboxylic acids is 2. The van der Waals surface area contributed by atoms with Crippen LogP contribution in [0.5, 0.6) is 0 Å². The number of hydrogen-bond donors (Lipinski definition) is 0. The van der Waals surface area contributed by atoms with Crippen LogP contribution in [0.4, 0.5) is 5.95 Å². The van der Waals surface area contributed by atoms with Gasteiger partial charge in [-0.2, -0.15) is 0 Å². The number of furan rings is 1. The lowest BCUT2D eigenvalue weighted by molar-refractivity contribution is -0.152. The van der Waals surface area contributed by atoms with E-state index in [1.54, 1.807) is 29.4 Å². The van der Waals surface area contributed by atoms with Gasteiger partial charge in [-0.3, -0.25) is 9.59 Å². The van der Waals surface area contributed by atoms with Crippen LogP contribution in [0.3, 0.4) is 0 Å². The van der Waals surface area contributed by atoms with Gasteiger partial charge in [-0.05, 0) is 19.1 Å². The monoisotopic (exact) mass is 356 g/mol. The Balaban J connectivity index is 1.60. The van der Waals surface area contributed by atoms with E-state index >= 15 is 0 Å². The fourth-order valence-corrected chi connectivity index (χ4v) is 4.05. The highest BCUT2D eigenvalue weighted by Crippen LogP contribution is 2.44. The van der Waals surface area contributed by atoms with Crippen LogP contribution in [0.2, 0.25) is 0 Å². The van der Waals surface area contributed by atoms with Gasteiger partial charge < -0.3 is 19.0 Å². The number of amides is 1. The fourth-order valence-electron chi connectivity index (χ4n) is 4.05. The van der Waals surface area contributed by atoms with Gasteiger partial charge in [0.25, 0.3) is 5.91 Å². The molecular formula is C18H20N4O4. The first kappa shape index (κ1) is 16.6. The Morgan fingerprint density at radius 3 is 2.69 bits per heavy atom. The van der Waals surface area contributed by atoms with Crippen LogP contribution in [-0.4, -0.2) is 60.0 Å². The first-order valence-corrected chi connectivity index (χ1v) is 8.49. The number of aryl methyl sites for hydroxylation is 1. The SMILES string of the molecule is COC(=O)[C@@]12CN(C(=O)c3occc3C)C[C@@H]1CN(c1ncccn1)C2. The quantitative estimate of drug-likeness (QED) is 0.762. The lowest BCUT2D eigenvalue weighted by Crippen LogP contribution is -2.43.